The predicted molar refractivity (Wildman–Crippen MR) is 191 cm³/mol. The van der Waals surface area contributed by atoms with Crippen LogP contribution in [0.2, 0.25) is 0 Å². The van der Waals surface area contributed by atoms with Gasteiger partial charge in [-0.1, -0.05) is 109 Å². The number of rotatable bonds is 15. The lowest BCUT2D eigenvalue weighted by Gasteiger charge is -2.46. The molecular weight excluding hydrogens is 646 g/mol. The third-order valence-corrected chi connectivity index (χ3v) is 8.28. The molecule has 9 heteroatoms. The van der Waals surface area contributed by atoms with E-state index in [2.05, 4.69) is 5.32 Å². The Kier molecular flexibility index (Phi) is 12.6. The van der Waals surface area contributed by atoms with Crippen LogP contribution in [0.1, 0.15) is 34.0 Å². The second-order valence-corrected chi connectivity index (χ2v) is 12.1. The Labute approximate surface area is 298 Å². The Morgan fingerprint density at radius 1 is 0.608 bits per heavy atom. The fourth-order valence-electron chi connectivity index (χ4n) is 5.79. The van der Waals surface area contributed by atoms with Crippen molar-refractivity contribution >= 4 is 11.9 Å². The van der Waals surface area contributed by atoms with E-state index in [1.807, 2.05) is 97.1 Å². The molecule has 1 aliphatic rings. The van der Waals surface area contributed by atoms with Crippen LogP contribution in [0.5, 0.6) is 11.5 Å². The highest BCUT2D eigenvalue weighted by atomic mass is 16.7. The normalized spacial score (nSPS) is 19.9. The van der Waals surface area contributed by atoms with Gasteiger partial charge in [-0.15, -0.1) is 0 Å². The predicted octanol–water partition coefficient (Wildman–Crippen LogP) is 6.90. The van der Waals surface area contributed by atoms with E-state index >= 15 is 0 Å². The molecule has 0 aromatic heterocycles. The van der Waals surface area contributed by atoms with Gasteiger partial charge in [-0.2, -0.15) is 0 Å². The van der Waals surface area contributed by atoms with Crippen molar-refractivity contribution in [2.75, 3.05) is 6.61 Å². The van der Waals surface area contributed by atoms with E-state index in [9.17, 15) is 9.59 Å². The fraction of sp³-hybridized carbons (Fsp3) is 0.238. The Bertz CT molecular complexity index is 1790. The lowest BCUT2D eigenvalue weighted by atomic mass is 9.95. The maximum atomic E-state index is 12.7. The van der Waals surface area contributed by atoms with Crippen LogP contribution in [0, 0.1) is 0 Å². The van der Waals surface area contributed by atoms with Gasteiger partial charge in [-0.25, -0.2) is 4.79 Å². The van der Waals surface area contributed by atoms with Crippen LogP contribution in [0.25, 0.3) is 0 Å². The van der Waals surface area contributed by atoms with Crippen molar-refractivity contribution < 1.29 is 38.0 Å². The van der Waals surface area contributed by atoms with E-state index in [-0.39, 0.29) is 25.7 Å². The summed E-state index contributed by atoms with van der Waals surface area (Å²) in [4.78, 5) is 25.3. The first-order valence-electron chi connectivity index (χ1n) is 16.9. The minimum atomic E-state index is -0.991. The van der Waals surface area contributed by atoms with E-state index < -0.39 is 36.6 Å². The van der Waals surface area contributed by atoms with E-state index in [0.717, 1.165) is 16.7 Å². The minimum absolute atomic E-state index is 0.167. The fourth-order valence-corrected chi connectivity index (χ4v) is 5.79. The average molecular weight is 688 g/mol. The summed E-state index contributed by atoms with van der Waals surface area (Å²) in [6.07, 6.45) is -2.98. The molecule has 0 spiro atoms. The summed E-state index contributed by atoms with van der Waals surface area (Å²) in [5.74, 6) is 0.0345. The van der Waals surface area contributed by atoms with Crippen molar-refractivity contribution in [2.24, 2.45) is 0 Å². The molecule has 1 N–H and O–H groups in total. The summed E-state index contributed by atoms with van der Waals surface area (Å²) < 4.78 is 38.1. The number of hydrogen-bond donors (Lipinski definition) is 1. The van der Waals surface area contributed by atoms with Gasteiger partial charge in [0.1, 0.15) is 35.9 Å². The molecule has 1 aliphatic heterocycles. The maximum absolute atomic E-state index is 12.7. The van der Waals surface area contributed by atoms with Gasteiger partial charge in [0.25, 0.3) is 0 Å². The molecule has 1 unspecified atom stereocenters. The molecule has 0 bridgehead atoms. The molecule has 262 valence electrons. The van der Waals surface area contributed by atoms with Crippen molar-refractivity contribution in [2.45, 2.75) is 57.4 Å². The second kappa shape index (κ2) is 18.1. The summed E-state index contributed by atoms with van der Waals surface area (Å²) in [7, 11) is 0. The molecule has 9 nitrogen and oxygen atoms in total. The summed E-state index contributed by atoms with van der Waals surface area (Å²) in [6, 6.07) is 44.2. The van der Waals surface area contributed by atoms with Crippen molar-refractivity contribution in [3.05, 3.63) is 168 Å². The number of benzene rings is 5. The van der Waals surface area contributed by atoms with Gasteiger partial charge in [0.2, 0.25) is 12.2 Å². The van der Waals surface area contributed by atoms with Crippen LogP contribution < -0.4 is 14.8 Å². The molecule has 0 radical (unpaired) electrons. The third kappa shape index (κ3) is 10.3. The summed E-state index contributed by atoms with van der Waals surface area (Å²) in [5.41, 5.74) is 3.40. The third-order valence-electron chi connectivity index (χ3n) is 8.28. The first kappa shape index (κ1) is 35.5. The smallest absolute Gasteiger partial charge is 0.343 e. The molecular formula is C42H41NO8. The molecule has 51 heavy (non-hydrogen) atoms. The summed E-state index contributed by atoms with van der Waals surface area (Å²) in [6.45, 7) is 2.53. The van der Waals surface area contributed by atoms with Crippen LogP contribution in [-0.2, 0) is 43.6 Å². The van der Waals surface area contributed by atoms with E-state index in [1.54, 1.807) is 48.5 Å². The Balaban J connectivity index is 1.26. The van der Waals surface area contributed by atoms with Gasteiger partial charge >= 0.3 is 5.97 Å². The van der Waals surface area contributed by atoms with E-state index in [0.29, 0.717) is 23.7 Å². The van der Waals surface area contributed by atoms with E-state index in [4.69, 9.17) is 28.4 Å². The number of carbonyl (C=O) groups excluding carboxylic acids is 2. The maximum Gasteiger partial charge on any atom is 0.343 e. The monoisotopic (exact) mass is 687 g/mol. The van der Waals surface area contributed by atoms with Crippen LogP contribution in [0.4, 0.5) is 0 Å². The average Bonchev–Trinajstić information content (AvgIpc) is 3.16. The summed E-state index contributed by atoms with van der Waals surface area (Å²) in [5, 5.41) is 3.02. The molecule has 1 fully saturated rings. The Morgan fingerprint density at radius 2 is 1.10 bits per heavy atom. The van der Waals surface area contributed by atoms with Crippen LogP contribution in [0.3, 0.4) is 0 Å². The molecule has 1 heterocycles. The molecule has 5 atom stereocenters. The van der Waals surface area contributed by atoms with Crippen LogP contribution >= 0.6 is 0 Å². The van der Waals surface area contributed by atoms with Crippen LogP contribution in [-0.4, -0.2) is 49.1 Å². The molecule has 6 rings (SSSR count). The van der Waals surface area contributed by atoms with Crippen molar-refractivity contribution in [3.8, 4) is 11.5 Å². The Hall–Kier alpha value is -5.32. The number of amides is 1. The SMILES string of the molecule is CC(=O)N[C@H]1C(Oc2ccc(OC(=O)c3ccccc3)cc2)O[C@H](COCc2ccccc2)[C@@H](OCc2ccccc2)[C@@H]1OCc1ccccc1. The Morgan fingerprint density at radius 3 is 1.65 bits per heavy atom. The molecule has 5 aromatic carbocycles. The zero-order valence-corrected chi connectivity index (χ0v) is 28.3. The number of ether oxygens (including phenoxy) is 6. The topological polar surface area (TPSA) is 102 Å². The zero-order valence-electron chi connectivity index (χ0n) is 28.3. The first-order valence-corrected chi connectivity index (χ1v) is 16.9. The lowest BCUT2D eigenvalue weighted by Crippen LogP contribution is -2.66. The highest BCUT2D eigenvalue weighted by Gasteiger charge is 2.49. The van der Waals surface area contributed by atoms with Crippen LogP contribution in [0.15, 0.2) is 146 Å². The quantitative estimate of drug-likeness (QED) is 0.0937. The highest BCUT2D eigenvalue weighted by Crippen LogP contribution is 2.31. The molecule has 0 aliphatic carbocycles. The second-order valence-electron chi connectivity index (χ2n) is 12.1. The summed E-state index contributed by atoms with van der Waals surface area (Å²) >= 11 is 0. The number of nitrogens with one attached hydrogen (secondary N) is 1. The van der Waals surface area contributed by atoms with Gasteiger partial charge in [0, 0.05) is 6.92 Å². The first-order chi connectivity index (χ1) is 25.0. The van der Waals surface area contributed by atoms with Gasteiger partial charge < -0.3 is 33.7 Å². The lowest BCUT2D eigenvalue weighted by molar-refractivity contribution is -0.270. The van der Waals surface area contributed by atoms with Gasteiger partial charge in [0.05, 0.1) is 32.0 Å². The minimum Gasteiger partial charge on any atom is -0.463 e. The van der Waals surface area contributed by atoms with E-state index in [1.165, 1.54) is 6.92 Å². The standard InChI is InChI=1S/C42H41NO8/c1-30(44)43-38-40(48-28-33-18-10-4-11-19-33)39(47-27-32-16-8-3-9-17-32)37(29-46-26-31-14-6-2-7-15-31)51-42(38)50-36-24-22-35(23-25-36)49-41(45)34-20-12-5-13-21-34/h2-25,37-40,42H,26-29H2,1H3,(H,43,44)/t37-,38-,39-,40-,42?/m1/s1. The molecule has 5 aromatic rings. The van der Waals surface area contributed by atoms with Crippen molar-refractivity contribution in [3.63, 3.8) is 0 Å². The van der Waals surface area contributed by atoms with Gasteiger partial charge in [-0.3, -0.25) is 4.79 Å². The largest absolute Gasteiger partial charge is 0.463 e. The number of esters is 1. The van der Waals surface area contributed by atoms with Crippen molar-refractivity contribution in [1.82, 2.24) is 5.32 Å². The number of hydrogen-bond acceptors (Lipinski definition) is 8. The molecule has 1 saturated heterocycles. The molecule has 0 saturated carbocycles. The van der Waals surface area contributed by atoms with Crippen molar-refractivity contribution in [1.29, 1.82) is 0 Å². The number of carbonyl (C=O) groups is 2. The zero-order chi connectivity index (χ0) is 35.3. The highest BCUT2D eigenvalue weighted by molar-refractivity contribution is 5.90. The van der Waals surface area contributed by atoms with Gasteiger partial charge in [-0.05, 0) is 53.1 Å². The van der Waals surface area contributed by atoms with Gasteiger partial charge in [0.15, 0.2) is 0 Å². The molecule has 1 amide bonds.